The Morgan fingerprint density at radius 3 is 1.75 bits per heavy atom. The Kier molecular flexibility index (Phi) is 6.89. The van der Waals surface area contributed by atoms with Crippen LogP contribution >= 0.6 is 7.60 Å². The van der Waals surface area contributed by atoms with Gasteiger partial charge in [-0.1, -0.05) is 6.58 Å². The minimum Gasteiger partial charge on any atom is -0.355 e. The summed E-state index contributed by atoms with van der Waals surface area (Å²) in [7, 11) is -2.06. The van der Waals surface area contributed by atoms with E-state index in [4.69, 9.17) is 9.79 Å². The van der Waals surface area contributed by atoms with Crippen LogP contribution < -0.4 is 5.32 Å². The zero-order valence-corrected chi connectivity index (χ0v) is 8.26. The van der Waals surface area contributed by atoms with Crippen LogP contribution in [0.3, 0.4) is 0 Å². The van der Waals surface area contributed by atoms with Crippen LogP contribution in [0.1, 0.15) is 6.92 Å². The normalized spacial score (nSPS) is 9.42. The van der Waals surface area contributed by atoms with Crippen LogP contribution in [0.4, 0.5) is 0 Å². The lowest BCUT2D eigenvalue weighted by Gasteiger charge is -1.91. The summed E-state index contributed by atoms with van der Waals surface area (Å²) in [5.74, 6) is -0.0972. The lowest BCUT2D eigenvalue weighted by Crippen LogP contribution is -2.17. The maximum absolute atomic E-state index is 10.3. The van der Waals surface area contributed by atoms with Gasteiger partial charge in [-0.15, -0.1) is 0 Å². The number of carbonyl (C=O) groups excluding carboxylic acids is 1. The zero-order valence-electron chi connectivity index (χ0n) is 7.37. The van der Waals surface area contributed by atoms with E-state index in [1.54, 1.807) is 14.0 Å². The third-order valence-electron chi connectivity index (χ3n) is 0.615. The van der Waals surface area contributed by atoms with Crippen molar-refractivity contribution in [2.45, 2.75) is 6.92 Å². The van der Waals surface area contributed by atoms with Gasteiger partial charge in [-0.25, -0.2) is 0 Å². The van der Waals surface area contributed by atoms with Crippen LogP contribution in [-0.4, -0.2) is 29.4 Å². The van der Waals surface area contributed by atoms with Crippen molar-refractivity contribution in [3.8, 4) is 0 Å². The van der Waals surface area contributed by atoms with E-state index < -0.39 is 7.60 Å². The van der Waals surface area contributed by atoms with Gasteiger partial charge in [0.1, 0.15) is 0 Å². The summed E-state index contributed by atoms with van der Waals surface area (Å²) < 4.78 is 9.33. The molecule has 0 aliphatic heterocycles. The minimum absolute atomic E-state index is 0.0972. The Morgan fingerprint density at radius 1 is 1.50 bits per heavy atom. The molecule has 0 aromatic heterocycles. The molecule has 0 unspecified atom stereocenters. The average Bonchev–Trinajstić information content (AvgIpc) is 1.82. The Balaban J connectivity index is 0. The Morgan fingerprint density at radius 2 is 1.75 bits per heavy atom. The molecule has 0 saturated carbocycles. The lowest BCUT2D eigenvalue weighted by molar-refractivity contribution is -0.116. The number of nitrogens with one attached hydrogen (secondary N) is 1. The number of rotatable bonds is 1. The topological polar surface area (TPSA) is 86.6 Å². The van der Waals surface area contributed by atoms with Crippen LogP contribution in [0, 0.1) is 0 Å². The van der Waals surface area contributed by atoms with E-state index in [0.717, 1.165) is 6.66 Å². The molecule has 0 aliphatic carbocycles. The van der Waals surface area contributed by atoms with Crippen molar-refractivity contribution >= 4 is 13.5 Å². The summed E-state index contributed by atoms with van der Waals surface area (Å²) in [5.41, 5.74) is 0.544. The molecule has 1 amide bonds. The second-order valence-corrected chi connectivity index (χ2v) is 3.87. The largest absolute Gasteiger partial charge is 0.355 e. The number of hydrogen-bond acceptors (Lipinski definition) is 2. The monoisotopic (exact) mass is 195 g/mol. The van der Waals surface area contributed by atoms with Gasteiger partial charge in [0.25, 0.3) is 0 Å². The molecule has 0 atom stereocenters. The van der Waals surface area contributed by atoms with E-state index in [1.807, 2.05) is 0 Å². The van der Waals surface area contributed by atoms with Crippen molar-refractivity contribution in [1.82, 2.24) is 5.32 Å². The number of likely N-dealkylation sites (N-methyl/N-ethyl adjacent to an activating group) is 1. The molecule has 3 N–H and O–H groups in total. The smallest absolute Gasteiger partial charge is 0.322 e. The minimum atomic E-state index is -3.64. The molecule has 0 aliphatic rings. The van der Waals surface area contributed by atoms with Crippen molar-refractivity contribution in [2.24, 2.45) is 0 Å². The predicted octanol–water partition coefficient (Wildman–Crippen LogP) is 0.102. The molecule has 0 heterocycles. The van der Waals surface area contributed by atoms with Crippen LogP contribution in [0.15, 0.2) is 12.2 Å². The second-order valence-electron chi connectivity index (χ2n) is 2.19. The quantitative estimate of drug-likeness (QED) is 0.409. The molecule has 0 radical (unpaired) electrons. The summed E-state index contributed by atoms with van der Waals surface area (Å²) in [6, 6.07) is 0. The highest BCUT2D eigenvalue weighted by Crippen LogP contribution is 2.26. The molecule has 0 aromatic rings. The molecule has 5 nitrogen and oxygen atoms in total. The van der Waals surface area contributed by atoms with Crippen molar-refractivity contribution in [3.63, 3.8) is 0 Å². The molecule has 12 heavy (non-hydrogen) atoms. The summed E-state index contributed by atoms with van der Waals surface area (Å²) in [4.78, 5) is 25.6. The van der Waals surface area contributed by atoms with Crippen molar-refractivity contribution in [1.29, 1.82) is 0 Å². The Bertz CT molecular complexity index is 199. The molecule has 72 valence electrons. The molecular formula is C6H14NO4P. The highest BCUT2D eigenvalue weighted by molar-refractivity contribution is 7.50. The first-order valence-electron chi connectivity index (χ1n) is 3.09. The molecule has 0 spiro atoms. The summed E-state index contributed by atoms with van der Waals surface area (Å²) in [5, 5.41) is 2.43. The van der Waals surface area contributed by atoms with Gasteiger partial charge in [-0.3, -0.25) is 9.36 Å². The van der Waals surface area contributed by atoms with Crippen molar-refractivity contribution in [2.75, 3.05) is 13.7 Å². The SMILES string of the molecule is C=C(C)C(=O)NC.CP(=O)(O)O. The van der Waals surface area contributed by atoms with E-state index in [1.165, 1.54) is 0 Å². The fraction of sp³-hybridized carbons (Fsp3) is 0.500. The van der Waals surface area contributed by atoms with Gasteiger partial charge in [0.2, 0.25) is 5.91 Å². The molecule has 6 heteroatoms. The highest BCUT2D eigenvalue weighted by atomic mass is 31.2. The van der Waals surface area contributed by atoms with E-state index in [9.17, 15) is 9.36 Å². The summed E-state index contributed by atoms with van der Waals surface area (Å²) >= 11 is 0. The fourth-order valence-electron chi connectivity index (χ4n) is 0.213. The summed E-state index contributed by atoms with van der Waals surface area (Å²) in [6.45, 7) is 5.93. The maximum Gasteiger partial charge on any atom is 0.322 e. The van der Waals surface area contributed by atoms with Crippen LogP contribution in [0.5, 0.6) is 0 Å². The first-order chi connectivity index (χ1) is 5.18. The first kappa shape index (κ1) is 13.9. The first-order valence-corrected chi connectivity index (χ1v) is 5.15. The Labute approximate surface area is 71.6 Å². The van der Waals surface area contributed by atoms with Gasteiger partial charge in [-0.05, 0) is 6.92 Å². The van der Waals surface area contributed by atoms with Gasteiger partial charge in [0, 0.05) is 19.3 Å². The fourth-order valence-corrected chi connectivity index (χ4v) is 0.213. The van der Waals surface area contributed by atoms with Gasteiger partial charge in [0.15, 0.2) is 0 Å². The Hall–Kier alpha value is -0.640. The summed E-state index contributed by atoms with van der Waals surface area (Å²) in [6.07, 6.45) is 0. The van der Waals surface area contributed by atoms with Crippen LogP contribution in [-0.2, 0) is 9.36 Å². The highest BCUT2D eigenvalue weighted by Gasteiger charge is 1.95. The van der Waals surface area contributed by atoms with E-state index in [0.29, 0.717) is 5.57 Å². The lowest BCUT2D eigenvalue weighted by atomic mass is 10.3. The molecular weight excluding hydrogens is 181 g/mol. The maximum atomic E-state index is 10.3. The number of carbonyl (C=O) groups is 1. The van der Waals surface area contributed by atoms with E-state index in [-0.39, 0.29) is 5.91 Å². The second kappa shape index (κ2) is 5.94. The third kappa shape index (κ3) is 22.8. The third-order valence-corrected chi connectivity index (χ3v) is 0.615. The number of hydrogen-bond donors (Lipinski definition) is 3. The van der Waals surface area contributed by atoms with Crippen molar-refractivity contribution < 1.29 is 19.1 Å². The molecule has 0 bridgehead atoms. The van der Waals surface area contributed by atoms with Gasteiger partial charge in [-0.2, -0.15) is 0 Å². The number of amides is 1. The molecule has 0 aromatic carbocycles. The molecule has 0 saturated heterocycles. The van der Waals surface area contributed by atoms with Gasteiger partial charge < -0.3 is 15.1 Å². The van der Waals surface area contributed by atoms with Crippen LogP contribution in [0.2, 0.25) is 0 Å². The average molecular weight is 195 g/mol. The van der Waals surface area contributed by atoms with Crippen molar-refractivity contribution in [3.05, 3.63) is 12.2 Å². The van der Waals surface area contributed by atoms with Gasteiger partial charge in [0.05, 0.1) is 0 Å². The molecule has 0 fully saturated rings. The zero-order chi connectivity index (χ0) is 10.4. The van der Waals surface area contributed by atoms with E-state index >= 15 is 0 Å². The van der Waals surface area contributed by atoms with E-state index in [2.05, 4.69) is 11.9 Å². The van der Waals surface area contributed by atoms with Gasteiger partial charge >= 0.3 is 7.60 Å². The molecule has 0 rings (SSSR count). The van der Waals surface area contributed by atoms with Crippen LogP contribution in [0.25, 0.3) is 0 Å². The standard InChI is InChI=1S/C5H9NO.CH5O3P/c1-4(2)5(7)6-3;1-5(2,3)4/h1H2,2-3H3,(H,6,7);1H3,(H2,2,3,4). The predicted molar refractivity (Wildman–Crippen MR) is 46.8 cm³/mol.